The van der Waals surface area contributed by atoms with Gasteiger partial charge >= 0.3 is 0 Å². The molecule has 0 atom stereocenters. The topological polar surface area (TPSA) is 57.4 Å². The zero-order valence-corrected chi connectivity index (χ0v) is 12.7. The summed E-state index contributed by atoms with van der Waals surface area (Å²) in [6, 6.07) is 13.4. The molecule has 3 aromatic rings. The minimum absolute atomic E-state index is 0.413. The van der Waals surface area contributed by atoms with Crippen molar-refractivity contribution in [2.24, 2.45) is 0 Å². The molecule has 1 heterocycles. The molecular formula is C17H16N2O3. The summed E-state index contributed by atoms with van der Waals surface area (Å²) in [5.74, 6) is 2.23. The van der Waals surface area contributed by atoms with Crippen molar-refractivity contribution in [1.82, 2.24) is 10.2 Å². The van der Waals surface area contributed by atoms with Crippen LogP contribution in [0.15, 0.2) is 46.9 Å². The number of aryl methyl sites for hydroxylation is 1. The Hall–Kier alpha value is -2.82. The molecular weight excluding hydrogens is 280 g/mol. The SMILES string of the molecule is COc1ccc(-c2nnc(-c3cccc(C)c3)o2)c(OC)c1. The zero-order chi connectivity index (χ0) is 15.5. The molecule has 0 aliphatic carbocycles. The fraction of sp³-hybridized carbons (Fsp3) is 0.176. The van der Waals surface area contributed by atoms with Crippen LogP contribution in [0.4, 0.5) is 0 Å². The summed E-state index contributed by atoms with van der Waals surface area (Å²) in [5.41, 5.74) is 2.76. The van der Waals surface area contributed by atoms with E-state index >= 15 is 0 Å². The van der Waals surface area contributed by atoms with Crippen LogP contribution in [0, 0.1) is 6.92 Å². The van der Waals surface area contributed by atoms with Crippen molar-refractivity contribution in [3.05, 3.63) is 48.0 Å². The Balaban J connectivity index is 2.00. The fourth-order valence-corrected chi connectivity index (χ4v) is 2.20. The van der Waals surface area contributed by atoms with Crippen molar-refractivity contribution in [3.8, 4) is 34.4 Å². The molecule has 0 saturated carbocycles. The second-order valence-corrected chi connectivity index (χ2v) is 4.85. The van der Waals surface area contributed by atoms with Crippen LogP contribution < -0.4 is 9.47 Å². The van der Waals surface area contributed by atoms with Crippen LogP contribution in [0.2, 0.25) is 0 Å². The first-order valence-electron chi connectivity index (χ1n) is 6.84. The lowest BCUT2D eigenvalue weighted by molar-refractivity contribution is 0.394. The molecule has 0 bridgehead atoms. The third-order valence-electron chi connectivity index (χ3n) is 3.33. The highest BCUT2D eigenvalue weighted by atomic mass is 16.5. The van der Waals surface area contributed by atoms with Gasteiger partial charge in [0.1, 0.15) is 11.5 Å². The van der Waals surface area contributed by atoms with Crippen molar-refractivity contribution >= 4 is 0 Å². The van der Waals surface area contributed by atoms with Gasteiger partial charge in [-0.05, 0) is 31.2 Å². The van der Waals surface area contributed by atoms with Crippen LogP contribution in [0.3, 0.4) is 0 Å². The van der Waals surface area contributed by atoms with Gasteiger partial charge in [0.2, 0.25) is 5.89 Å². The average Bonchev–Trinajstić information content (AvgIpc) is 3.04. The molecule has 3 rings (SSSR count). The van der Waals surface area contributed by atoms with Gasteiger partial charge in [0.05, 0.1) is 19.8 Å². The minimum atomic E-state index is 0.413. The third-order valence-corrected chi connectivity index (χ3v) is 3.33. The van der Waals surface area contributed by atoms with E-state index in [0.29, 0.717) is 23.3 Å². The van der Waals surface area contributed by atoms with Crippen LogP contribution in [-0.2, 0) is 0 Å². The average molecular weight is 296 g/mol. The molecule has 0 radical (unpaired) electrons. The van der Waals surface area contributed by atoms with E-state index in [1.807, 2.05) is 43.3 Å². The number of ether oxygens (including phenoxy) is 2. The van der Waals surface area contributed by atoms with E-state index in [0.717, 1.165) is 16.7 Å². The lowest BCUT2D eigenvalue weighted by Crippen LogP contribution is -1.90. The molecule has 0 saturated heterocycles. The summed E-state index contributed by atoms with van der Waals surface area (Å²) in [6.07, 6.45) is 0. The van der Waals surface area contributed by atoms with Gasteiger partial charge in [0, 0.05) is 11.6 Å². The molecule has 5 heteroatoms. The van der Waals surface area contributed by atoms with Crippen molar-refractivity contribution in [2.75, 3.05) is 14.2 Å². The van der Waals surface area contributed by atoms with Gasteiger partial charge < -0.3 is 13.9 Å². The number of nitrogens with zero attached hydrogens (tertiary/aromatic N) is 2. The van der Waals surface area contributed by atoms with Crippen LogP contribution in [0.1, 0.15) is 5.56 Å². The molecule has 0 aliphatic rings. The predicted octanol–water partition coefficient (Wildman–Crippen LogP) is 3.73. The van der Waals surface area contributed by atoms with Crippen molar-refractivity contribution in [1.29, 1.82) is 0 Å². The van der Waals surface area contributed by atoms with Gasteiger partial charge in [-0.2, -0.15) is 0 Å². The lowest BCUT2D eigenvalue weighted by Gasteiger charge is -2.07. The van der Waals surface area contributed by atoms with Crippen LogP contribution in [0.5, 0.6) is 11.5 Å². The van der Waals surface area contributed by atoms with E-state index in [9.17, 15) is 0 Å². The molecule has 1 aromatic heterocycles. The Morgan fingerprint density at radius 2 is 1.73 bits per heavy atom. The van der Waals surface area contributed by atoms with Gasteiger partial charge in [-0.25, -0.2) is 0 Å². The number of rotatable bonds is 4. The highest BCUT2D eigenvalue weighted by Crippen LogP contribution is 2.33. The number of hydrogen-bond acceptors (Lipinski definition) is 5. The highest BCUT2D eigenvalue weighted by Gasteiger charge is 2.15. The predicted molar refractivity (Wildman–Crippen MR) is 83.0 cm³/mol. The quantitative estimate of drug-likeness (QED) is 0.734. The molecule has 0 spiro atoms. The Morgan fingerprint density at radius 1 is 0.909 bits per heavy atom. The first-order valence-corrected chi connectivity index (χ1v) is 6.84. The summed E-state index contributed by atoms with van der Waals surface area (Å²) in [6.45, 7) is 2.02. The largest absolute Gasteiger partial charge is 0.497 e. The second kappa shape index (κ2) is 5.89. The van der Waals surface area contributed by atoms with Gasteiger partial charge in [-0.3, -0.25) is 0 Å². The normalized spacial score (nSPS) is 10.5. The van der Waals surface area contributed by atoms with E-state index in [-0.39, 0.29) is 0 Å². The van der Waals surface area contributed by atoms with E-state index in [4.69, 9.17) is 13.9 Å². The maximum atomic E-state index is 5.78. The van der Waals surface area contributed by atoms with Crippen molar-refractivity contribution in [3.63, 3.8) is 0 Å². The van der Waals surface area contributed by atoms with Crippen LogP contribution >= 0.6 is 0 Å². The Labute approximate surface area is 128 Å². The summed E-state index contributed by atoms with van der Waals surface area (Å²) >= 11 is 0. The molecule has 112 valence electrons. The molecule has 22 heavy (non-hydrogen) atoms. The molecule has 0 aliphatic heterocycles. The van der Waals surface area contributed by atoms with Crippen LogP contribution in [-0.4, -0.2) is 24.4 Å². The number of aromatic nitrogens is 2. The van der Waals surface area contributed by atoms with E-state index in [1.54, 1.807) is 20.3 Å². The smallest absolute Gasteiger partial charge is 0.251 e. The highest BCUT2D eigenvalue weighted by molar-refractivity contribution is 5.66. The van der Waals surface area contributed by atoms with Gasteiger partial charge in [-0.15, -0.1) is 10.2 Å². The maximum absolute atomic E-state index is 5.78. The van der Waals surface area contributed by atoms with Gasteiger partial charge in [-0.1, -0.05) is 17.7 Å². The minimum Gasteiger partial charge on any atom is -0.497 e. The molecule has 0 amide bonds. The zero-order valence-electron chi connectivity index (χ0n) is 12.7. The maximum Gasteiger partial charge on any atom is 0.251 e. The van der Waals surface area contributed by atoms with Crippen molar-refractivity contribution in [2.45, 2.75) is 6.92 Å². The second-order valence-electron chi connectivity index (χ2n) is 4.85. The fourth-order valence-electron chi connectivity index (χ4n) is 2.20. The van der Waals surface area contributed by atoms with E-state index < -0.39 is 0 Å². The molecule has 0 N–H and O–H groups in total. The summed E-state index contributed by atoms with van der Waals surface area (Å²) in [5, 5.41) is 8.24. The molecule has 0 unspecified atom stereocenters. The number of hydrogen-bond donors (Lipinski definition) is 0. The third kappa shape index (κ3) is 2.65. The molecule has 5 nitrogen and oxygen atoms in total. The van der Waals surface area contributed by atoms with Gasteiger partial charge in [0.15, 0.2) is 0 Å². The molecule has 0 fully saturated rings. The first kappa shape index (κ1) is 14.1. The number of methoxy groups -OCH3 is 2. The van der Waals surface area contributed by atoms with E-state index in [1.165, 1.54) is 0 Å². The number of benzene rings is 2. The summed E-state index contributed by atoms with van der Waals surface area (Å²) in [4.78, 5) is 0. The standard InChI is InChI=1S/C17H16N2O3/c1-11-5-4-6-12(9-11)16-18-19-17(22-16)14-8-7-13(20-2)10-15(14)21-3/h4-10H,1-3H3. The molecule has 2 aromatic carbocycles. The Morgan fingerprint density at radius 3 is 2.45 bits per heavy atom. The Kier molecular flexibility index (Phi) is 3.78. The Bertz CT molecular complexity index is 796. The van der Waals surface area contributed by atoms with Crippen molar-refractivity contribution < 1.29 is 13.9 Å². The first-order chi connectivity index (χ1) is 10.7. The lowest BCUT2D eigenvalue weighted by atomic mass is 10.1. The summed E-state index contributed by atoms with van der Waals surface area (Å²) < 4.78 is 16.3. The van der Waals surface area contributed by atoms with Gasteiger partial charge in [0.25, 0.3) is 5.89 Å². The summed E-state index contributed by atoms with van der Waals surface area (Å²) in [7, 11) is 3.20. The monoisotopic (exact) mass is 296 g/mol. The van der Waals surface area contributed by atoms with E-state index in [2.05, 4.69) is 10.2 Å². The van der Waals surface area contributed by atoms with Crippen LogP contribution in [0.25, 0.3) is 22.9 Å².